The lowest BCUT2D eigenvalue weighted by molar-refractivity contribution is 0.0961. The molecular weight excluding hydrogens is 272 g/mol. The zero-order valence-electron chi connectivity index (χ0n) is 10.6. The second kappa shape index (κ2) is 7.29. The summed E-state index contributed by atoms with van der Waals surface area (Å²) in [4.78, 5) is 0.0198. The number of hydrogen-bond donors (Lipinski definition) is 3. The number of aliphatic hydroxyl groups excluding tert-OH is 1. The fourth-order valence-corrected chi connectivity index (χ4v) is 2.56. The lowest BCUT2D eigenvalue weighted by Crippen LogP contribution is -2.28. The van der Waals surface area contributed by atoms with Crippen LogP contribution in [0, 0.1) is 0 Å². The molecule has 1 aromatic carbocycles. The monoisotopic (exact) mass is 290 g/mol. The number of nitrogens with one attached hydrogen (secondary N) is 1. The third-order valence-electron chi connectivity index (χ3n) is 2.25. The first-order valence-corrected chi connectivity index (χ1v) is 7.11. The number of nitrogen functional groups attached to an aromatic ring is 1. The van der Waals surface area contributed by atoms with Crippen molar-refractivity contribution in [2.45, 2.75) is 4.90 Å². The van der Waals surface area contributed by atoms with Crippen molar-refractivity contribution in [1.29, 1.82) is 0 Å². The molecule has 1 rings (SSSR count). The van der Waals surface area contributed by atoms with Gasteiger partial charge in [-0.1, -0.05) is 0 Å². The number of nitrogens with two attached hydrogens (primary N) is 1. The zero-order valence-corrected chi connectivity index (χ0v) is 11.4. The molecule has 0 aliphatic carbocycles. The molecule has 0 amide bonds. The van der Waals surface area contributed by atoms with Gasteiger partial charge in [-0.2, -0.15) is 0 Å². The Morgan fingerprint density at radius 2 is 2.11 bits per heavy atom. The van der Waals surface area contributed by atoms with Crippen LogP contribution in [0.25, 0.3) is 0 Å². The fraction of sp³-hybridized carbons (Fsp3) is 0.455. The quantitative estimate of drug-likeness (QED) is 0.442. The zero-order chi connectivity index (χ0) is 14.3. The van der Waals surface area contributed by atoms with Crippen molar-refractivity contribution in [2.75, 3.05) is 39.2 Å². The highest BCUT2D eigenvalue weighted by Crippen LogP contribution is 2.25. The van der Waals surface area contributed by atoms with Crippen molar-refractivity contribution in [2.24, 2.45) is 0 Å². The van der Waals surface area contributed by atoms with Crippen LogP contribution in [0.5, 0.6) is 5.75 Å². The van der Waals surface area contributed by atoms with E-state index >= 15 is 0 Å². The van der Waals surface area contributed by atoms with E-state index in [1.165, 1.54) is 25.3 Å². The summed E-state index contributed by atoms with van der Waals surface area (Å²) in [5, 5.41) is 8.51. The van der Waals surface area contributed by atoms with E-state index in [2.05, 4.69) is 4.72 Å². The van der Waals surface area contributed by atoms with Gasteiger partial charge in [-0.3, -0.25) is 0 Å². The maximum absolute atomic E-state index is 12.0. The largest absolute Gasteiger partial charge is 0.495 e. The van der Waals surface area contributed by atoms with E-state index in [4.69, 9.17) is 20.3 Å². The molecule has 0 atom stereocenters. The van der Waals surface area contributed by atoms with Crippen LogP contribution in [0.2, 0.25) is 0 Å². The molecule has 0 aliphatic rings. The summed E-state index contributed by atoms with van der Waals surface area (Å²) in [7, 11) is -2.31. The second-order valence-corrected chi connectivity index (χ2v) is 5.38. The van der Waals surface area contributed by atoms with E-state index in [9.17, 15) is 8.42 Å². The molecule has 7 nitrogen and oxygen atoms in total. The lowest BCUT2D eigenvalue weighted by Gasteiger charge is -2.11. The summed E-state index contributed by atoms with van der Waals surface area (Å²) in [5.41, 5.74) is 5.98. The van der Waals surface area contributed by atoms with Crippen LogP contribution in [0.15, 0.2) is 23.1 Å². The van der Waals surface area contributed by atoms with Crippen LogP contribution in [0.1, 0.15) is 0 Å². The van der Waals surface area contributed by atoms with Crippen LogP contribution in [-0.4, -0.2) is 47.0 Å². The number of sulfonamides is 1. The van der Waals surface area contributed by atoms with Gasteiger partial charge in [-0.15, -0.1) is 0 Å². The van der Waals surface area contributed by atoms with Gasteiger partial charge in [-0.25, -0.2) is 13.1 Å². The third kappa shape index (κ3) is 4.67. The Balaban J connectivity index is 2.72. The number of benzene rings is 1. The average Bonchev–Trinajstić information content (AvgIpc) is 2.38. The van der Waals surface area contributed by atoms with Crippen LogP contribution in [-0.2, 0) is 14.8 Å². The number of hydrogen-bond acceptors (Lipinski definition) is 6. The molecule has 0 radical (unpaired) electrons. The van der Waals surface area contributed by atoms with E-state index in [1.54, 1.807) is 0 Å². The first-order chi connectivity index (χ1) is 9.01. The highest BCUT2D eigenvalue weighted by atomic mass is 32.2. The number of aliphatic hydroxyl groups is 1. The Kier molecular flexibility index (Phi) is 6.03. The van der Waals surface area contributed by atoms with Gasteiger partial charge in [0.25, 0.3) is 0 Å². The summed E-state index contributed by atoms with van der Waals surface area (Å²) in [6.07, 6.45) is 0. The molecule has 19 heavy (non-hydrogen) atoms. The van der Waals surface area contributed by atoms with Crippen molar-refractivity contribution < 1.29 is 23.0 Å². The second-order valence-electron chi connectivity index (χ2n) is 3.64. The highest BCUT2D eigenvalue weighted by molar-refractivity contribution is 7.89. The molecule has 1 aromatic rings. The molecule has 8 heteroatoms. The number of rotatable bonds is 8. The minimum absolute atomic E-state index is 0.0198. The molecular formula is C11H18N2O5S. The maximum atomic E-state index is 12.0. The average molecular weight is 290 g/mol. The van der Waals surface area contributed by atoms with Gasteiger partial charge in [0.1, 0.15) is 10.6 Å². The molecule has 108 valence electrons. The molecule has 0 saturated carbocycles. The Morgan fingerprint density at radius 3 is 2.74 bits per heavy atom. The molecule has 0 unspecified atom stereocenters. The van der Waals surface area contributed by atoms with E-state index in [-0.39, 0.29) is 37.0 Å². The molecule has 0 bridgehead atoms. The van der Waals surface area contributed by atoms with Gasteiger partial charge >= 0.3 is 0 Å². The molecule has 0 spiro atoms. The Labute approximate surface area is 112 Å². The standard InChI is InChI=1S/C11H18N2O5S/c1-17-10-8-9(12)2-3-11(10)19(15,16)13-4-6-18-7-5-14/h2-3,8,13-14H,4-7,12H2,1H3. The normalized spacial score (nSPS) is 11.5. The Hall–Kier alpha value is -1.35. The van der Waals surface area contributed by atoms with E-state index in [1.807, 2.05) is 0 Å². The molecule has 0 saturated heterocycles. The smallest absolute Gasteiger partial charge is 0.244 e. The molecule has 4 N–H and O–H groups in total. The molecule has 0 fully saturated rings. The van der Waals surface area contributed by atoms with Gasteiger partial charge < -0.3 is 20.3 Å². The first kappa shape index (κ1) is 15.7. The highest BCUT2D eigenvalue weighted by Gasteiger charge is 2.18. The predicted molar refractivity (Wildman–Crippen MR) is 70.5 cm³/mol. The van der Waals surface area contributed by atoms with Crippen molar-refractivity contribution in [3.8, 4) is 5.75 Å². The van der Waals surface area contributed by atoms with Crippen molar-refractivity contribution in [1.82, 2.24) is 4.72 Å². The van der Waals surface area contributed by atoms with E-state index in [0.29, 0.717) is 5.69 Å². The van der Waals surface area contributed by atoms with Gasteiger partial charge in [0.15, 0.2) is 0 Å². The Bertz CT molecular complexity index is 504. The van der Waals surface area contributed by atoms with Crippen molar-refractivity contribution >= 4 is 15.7 Å². The lowest BCUT2D eigenvalue weighted by atomic mass is 10.3. The number of ether oxygens (including phenoxy) is 2. The van der Waals surface area contributed by atoms with Crippen molar-refractivity contribution in [3.05, 3.63) is 18.2 Å². The molecule has 0 aliphatic heterocycles. The van der Waals surface area contributed by atoms with Crippen LogP contribution >= 0.6 is 0 Å². The van der Waals surface area contributed by atoms with Gasteiger partial charge in [0, 0.05) is 18.3 Å². The Morgan fingerprint density at radius 1 is 1.37 bits per heavy atom. The fourth-order valence-electron chi connectivity index (χ4n) is 1.40. The summed E-state index contributed by atoms with van der Waals surface area (Å²) >= 11 is 0. The predicted octanol–water partition coefficient (Wildman–Crippen LogP) is -0.435. The van der Waals surface area contributed by atoms with Gasteiger partial charge in [0.05, 0.1) is 26.9 Å². The molecule has 0 aromatic heterocycles. The van der Waals surface area contributed by atoms with Crippen LogP contribution < -0.4 is 15.2 Å². The van der Waals surface area contributed by atoms with Crippen LogP contribution in [0.3, 0.4) is 0 Å². The van der Waals surface area contributed by atoms with Crippen LogP contribution in [0.4, 0.5) is 5.69 Å². The minimum Gasteiger partial charge on any atom is -0.495 e. The van der Waals surface area contributed by atoms with Crippen molar-refractivity contribution in [3.63, 3.8) is 0 Å². The molecule has 0 heterocycles. The first-order valence-electron chi connectivity index (χ1n) is 5.63. The summed E-state index contributed by atoms with van der Waals surface area (Å²) in [6, 6.07) is 4.31. The van der Waals surface area contributed by atoms with E-state index in [0.717, 1.165) is 0 Å². The topological polar surface area (TPSA) is 111 Å². The summed E-state index contributed by atoms with van der Waals surface area (Å²) in [6.45, 7) is 0.360. The third-order valence-corrected chi connectivity index (χ3v) is 3.75. The number of anilines is 1. The summed E-state index contributed by atoms with van der Waals surface area (Å²) in [5.74, 6) is 0.184. The van der Waals surface area contributed by atoms with Gasteiger partial charge in [-0.05, 0) is 12.1 Å². The van der Waals surface area contributed by atoms with Gasteiger partial charge in [0.2, 0.25) is 10.0 Å². The SMILES string of the molecule is COc1cc(N)ccc1S(=O)(=O)NCCOCCO. The minimum atomic E-state index is -3.68. The number of methoxy groups -OCH3 is 1. The van der Waals surface area contributed by atoms with E-state index < -0.39 is 10.0 Å². The summed E-state index contributed by atoms with van der Waals surface area (Å²) < 4.78 is 36.4. The maximum Gasteiger partial charge on any atom is 0.244 e.